The minimum atomic E-state index is -0.215. The van der Waals surface area contributed by atoms with Gasteiger partial charge in [0.05, 0.1) is 0 Å². The van der Waals surface area contributed by atoms with Gasteiger partial charge in [-0.15, -0.1) is 0 Å². The number of aryl methyl sites for hydroxylation is 2. The summed E-state index contributed by atoms with van der Waals surface area (Å²) in [7, 11) is 3.70. The highest BCUT2D eigenvalue weighted by Crippen LogP contribution is 2.42. The van der Waals surface area contributed by atoms with E-state index in [1.54, 1.807) is 7.11 Å². The number of methoxy groups -OCH3 is 1. The molecule has 0 spiro atoms. The molecular formula is C13H21N3O. The Balaban J connectivity index is 2.38. The molecule has 0 aliphatic heterocycles. The molecule has 1 aliphatic carbocycles. The molecule has 0 saturated heterocycles. The van der Waals surface area contributed by atoms with E-state index in [0.29, 0.717) is 0 Å². The zero-order valence-electron chi connectivity index (χ0n) is 11.1. The van der Waals surface area contributed by atoms with Crippen LogP contribution in [-0.2, 0) is 16.9 Å². The quantitative estimate of drug-likeness (QED) is 0.865. The molecule has 1 aromatic rings. The van der Waals surface area contributed by atoms with Crippen molar-refractivity contribution in [3.63, 3.8) is 0 Å². The van der Waals surface area contributed by atoms with Crippen LogP contribution in [0.1, 0.15) is 42.0 Å². The Morgan fingerprint density at radius 1 is 1.24 bits per heavy atom. The normalized spacial score (nSPS) is 17.9. The molecule has 1 fully saturated rings. The first-order chi connectivity index (χ1) is 8.13. The van der Waals surface area contributed by atoms with E-state index in [0.717, 1.165) is 36.6 Å². The van der Waals surface area contributed by atoms with Gasteiger partial charge >= 0.3 is 0 Å². The third kappa shape index (κ3) is 2.07. The molecule has 4 nitrogen and oxygen atoms in total. The van der Waals surface area contributed by atoms with Crippen molar-refractivity contribution in [2.45, 2.75) is 45.3 Å². The second-order valence-corrected chi connectivity index (χ2v) is 4.78. The van der Waals surface area contributed by atoms with E-state index in [2.05, 4.69) is 15.3 Å². The summed E-state index contributed by atoms with van der Waals surface area (Å²) < 4.78 is 5.63. The molecule has 0 bridgehead atoms. The third-order valence-corrected chi connectivity index (χ3v) is 3.73. The SMILES string of the molecule is CNCc1c(C)nc(C2(OC)CCC2)nc1C. The Bertz CT molecular complexity index is 385. The fourth-order valence-corrected chi connectivity index (χ4v) is 2.39. The van der Waals surface area contributed by atoms with E-state index in [9.17, 15) is 0 Å². The Kier molecular flexibility index (Phi) is 3.45. The molecule has 1 aromatic heterocycles. The maximum atomic E-state index is 5.63. The molecule has 1 aliphatic rings. The highest BCUT2D eigenvalue weighted by molar-refractivity contribution is 5.26. The number of rotatable bonds is 4. The van der Waals surface area contributed by atoms with Crippen molar-refractivity contribution < 1.29 is 4.74 Å². The van der Waals surface area contributed by atoms with Crippen LogP contribution in [0.4, 0.5) is 0 Å². The van der Waals surface area contributed by atoms with Crippen LogP contribution in [0.25, 0.3) is 0 Å². The van der Waals surface area contributed by atoms with Crippen molar-refractivity contribution in [2.24, 2.45) is 0 Å². The standard InChI is InChI=1S/C13H21N3O/c1-9-11(8-14-3)10(2)16-12(15-9)13(17-4)6-5-7-13/h14H,5-8H2,1-4H3. The van der Waals surface area contributed by atoms with Gasteiger partial charge in [0, 0.05) is 30.6 Å². The zero-order valence-corrected chi connectivity index (χ0v) is 11.1. The van der Waals surface area contributed by atoms with Crippen molar-refractivity contribution in [3.05, 3.63) is 22.8 Å². The van der Waals surface area contributed by atoms with Crippen molar-refractivity contribution in [1.82, 2.24) is 15.3 Å². The van der Waals surface area contributed by atoms with Gasteiger partial charge in [0.25, 0.3) is 0 Å². The predicted molar refractivity (Wildman–Crippen MR) is 66.8 cm³/mol. The van der Waals surface area contributed by atoms with Crippen LogP contribution in [0.5, 0.6) is 0 Å². The van der Waals surface area contributed by atoms with Crippen LogP contribution < -0.4 is 5.32 Å². The van der Waals surface area contributed by atoms with E-state index >= 15 is 0 Å². The highest BCUT2D eigenvalue weighted by Gasteiger charge is 2.42. The minimum Gasteiger partial charge on any atom is -0.370 e. The van der Waals surface area contributed by atoms with Gasteiger partial charge in [0.1, 0.15) is 5.60 Å². The summed E-state index contributed by atoms with van der Waals surface area (Å²) in [6, 6.07) is 0. The Morgan fingerprint density at radius 3 is 2.18 bits per heavy atom. The Morgan fingerprint density at radius 2 is 1.82 bits per heavy atom. The first-order valence-corrected chi connectivity index (χ1v) is 6.17. The largest absolute Gasteiger partial charge is 0.370 e. The fraction of sp³-hybridized carbons (Fsp3) is 0.692. The van der Waals surface area contributed by atoms with Gasteiger partial charge in [-0.3, -0.25) is 0 Å². The van der Waals surface area contributed by atoms with Gasteiger partial charge in [-0.2, -0.15) is 0 Å². The van der Waals surface area contributed by atoms with Crippen LogP contribution in [-0.4, -0.2) is 24.1 Å². The number of ether oxygens (including phenoxy) is 1. The lowest BCUT2D eigenvalue weighted by Gasteiger charge is -2.39. The maximum absolute atomic E-state index is 5.63. The highest BCUT2D eigenvalue weighted by atomic mass is 16.5. The summed E-state index contributed by atoms with van der Waals surface area (Å²) >= 11 is 0. The number of hydrogen-bond donors (Lipinski definition) is 1. The molecule has 1 saturated carbocycles. The van der Waals surface area contributed by atoms with Gasteiger partial charge in [-0.25, -0.2) is 9.97 Å². The summed E-state index contributed by atoms with van der Waals surface area (Å²) in [6.07, 6.45) is 3.27. The van der Waals surface area contributed by atoms with Crippen LogP contribution in [0.3, 0.4) is 0 Å². The third-order valence-electron chi connectivity index (χ3n) is 3.73. The molecule has 1 N–H and O–H groups in total. The molecule has 1 heterocycles. The molecule has 0 atom stereocenters. The van der Waals surface area contributed by atoms with Crippen LogP contribution in [0.15, 0.2) is 0 Å². The average Bonchev–Trinajstić information content (AvgIpc) is 2.23. The Hall–Kier alpha value is -1.00. The van der Waals surface area contributed by atoms with E-state index in [4.69, 9.17) is 4.74 Å². The second-order valence-electron chi connectivity index (χ2n) is 4.78. The molecule has 94 valence electrons. The smallest absolute Gasteiger partial charge is 0.160 e. The second kappa shape index (κ2) is 4.70. The first-order valence-electron chi connectivity index (χ1n) is 6.17. The molecule has 0 aromatic carbocycles. The van der Waals surface area contributed by atoms with Gasteiger partial charge in [-0.1, -0.05) is 0 Å². The van der Waals surface area contributed by atoms with Gasteiger partial charge in [-0.05, 0) is 40.2 Å². The lowest BCUT2D eigenvalue weighted by Crippen LogP contribution is -2.38. The molecule has 4 heteroatoms. The zero-order chi connectivity index (χ0) is 12.5. The number of nitrogens with one attached hydrogen (secondary N) is 1. The van der Waals surface area contributed by atoms with E-state index in [1.165, 1.54) is 12.0 Å². The molecule has 0 unspecified atom stereocenters. The number of hydrogen-bond acceptors (Lipinski definition) is 4. The fourth-order valence-electron chi connectivity index (χ4n) is 2.39. The van der Waals surface area contributed by atoms with Crippen molar-refractivity contribution in [3.8, 4) is 0 Å². The van der Waals surface area contributed by atoms with Crippen LogP contribution in [0, 0.1) is 13.8 Å². The van der Waals surface area contributed by atoms with Crippen molar-refractivity contribution in [2.75, 3.05) is 14.2 Å². The lowest BCUT2D eigenvalue weighted by molar-refractivity contribution is -0.0849. The molecule has 0 amide bonds. The van der Waals surface area contributed by atoms with E-state index < -0.39 is 0 Å². The molecular weight excluding hydrogens is 214 g/mol. The van der Waals surface area contributed by atoms with Crippen molar-refractivity contribution >= 4 is 0 Å². The minimum absolute atomic E-state index is 0.215. The predicted octanol–water partition coefficient (Wildman–Crippen LogP) is 1.84. The number of aromatic nitrogens is 2. The Labute approximate surface area is 103 Å². The molecule has 17 heavy (non-hydrogen) atoms. The van der Waals surface area contributed by atoms with Gasteiger partial charge in [0.2, 0.25) is 0 Å². The lowest BCUT2D eigenvalue weighted by atomic mass is 9.79. The summed E-state index contributed by atoms with van der Waals surface area (Å²) in [4.78, 5) is 9.28. The van der Waals surface area contributed by atoms with Gasteiger partial charge < -0.3 is 10.1 Å². The first kappa shape index (κ1) is 12.5. The van der Waals surface area contributed by atoms with E-state index in [1.807, 2.05) is 20.9 Å². The monoisotopic (exact) mass is 235 g/mol. The summed E-state index contributed by atoms with van der Waals surface area (Å²) in [5.74, 6) is 0.862. The van der Waals surface area contributed by atoms with Crippen molar-refractivity contribution in [1.29, 1.82) is 0 Å². The maximum Gasteiger partial charge on any atom is 0.160 e. The van der Waals surface area contributed by atoms with Crippen LogP contribution >= 0.6 is 0 Å². The molecule has 0 radical (unpaired) electrons. The topological polar surface area (TPSA) is 47.0 Å². The summed E-state index contributed by atoms with van der Waals surface area (Å²) in [6.45, 7) is 4.91. The summed E-state index contributed by atoms with van der Waals surface area (Å²) in [5.41, 5.74) is 3.10. The van der Waals surface area contributed by atoms with Gasteiger partial charge in [0.15, 0.2) is 5.82 Å². The number of nitrogens with zero attached hydrogens (tertiary/aromatic N) is 2. The van der Waals surface area contributed by atoms with Crippen LogP contribution in [0.2, 0.25) is 0 Å². The average molecular weight is 235 g/mol. The van der Waals surface area contributed by atoms with E-state index in [-0.39, 0.29) is 5.60 Å². The molecule has 2 rings (SSSR count). The summed E-state index contributed by atoms with van der Waals surface area (Å²) in [5, 5.41) is 3.15.